The Kier molecular flexibility index (Phi) is 10.2. The number of methoxy groups -OCH3 is 1. The molecule has 4 N–H and O–H groups in total. The molecule has 1 amide bonds. The number of hydrogen-bond acceptors (Lipinski definition) is 7. The van der Waals surface area contributed by atoms with Crippen molar-refractivity contribution < 1.29 is 24.5 Å². The van der Waals surface area contributed by atoms with Crippen LogP contribution in [0.3, 0.4) is 0 Å². The molecule has 4 rings (SSSR count). The number of nitrogens with zero attached hydrogens (tertiary/aromatic N) is 1. The second kappa shape index (κ2) is 14.0. The van der Waals surface area contributed by atoms with E-state index in [1.54, 1.807) is 49.7 Å². The predicted octanol–water partition coefficient (Wildman–Crippen LogP) is 4.28. The Labute approximate surface area is 232 Å². The van der Waals surface area contributed by atoms with Crippen LogP contribution in [0.5, 0.6) is 11.5 Å². The van der Waals surface area contributed by atoms with Crippen molar-refractivity contribution >= 4 is 28.4 Å². The summed E-state index contributed by atoms with van der Waals surface area (Å²) in [6.07, 6.45) is 1.49. The van der Waals surface area contributed by atoms with Crippen molar-refractivity contribution in [2.45, 2.75) is 18.6 Å². The maximum absolute atomic E-state index is 12.4. The van der Waals surface area contributed by atoms with Gasteiger partial charge in [0, 0.05) is 48.4 Å². The van der Waals surface area contributed by atoms with Gasteiger partial charge in [0.15, 0.2) is 0 Å². The Hall–Kier alpha value is -3.53. The molecule has 204 valence electrons. The number of pyridine rings is 1. The summed E-state index contributed by atoms with van der Waals surface area (Å²) in [6, 6.07) is 21.6. The number of carbonyl (C=O) groups is 1. The first kappa shape index (κ1) is 28.5. The molecule has 0 fully saturated rings. The summed E-state index contributed by atoms with van der Waals surface area (Å²) >= 11 is 6.01. The average Bonchev–Trinajstić information content (AvgIpc) is 2.96. The van der Waals surface area contributed by atoms with Crippen LogP contribution < -0.4 is 15.4 Å². The van der Waals surface area contributed by atoms with Crippen LogP contribution in [-0.2, 0) is 11.2 Å². The molecule has 0 bridgehead atoms. The fourth-order valence-corrected chi connectivity index (χ4v) is 4.34. The van der Waals surface area contributed by atoms with E-state index in [-0.39, 0.29) is 18.6 Å². The lowest BCUT2D eigenvalue weighted by Gasteiger charge is -2.19. The summed E-state index contributed by atoms with van der Waals surface area (Å²) in [5, 5.41) is 27.7. The molecule has 39 heavy (non-hydrogen) atoms. The highest BCUT2D eigenvalue weighted by molar-refractivity contribution is 6.30. The topological polar surface area (TPSA) is 113 Å². The number of rotatable bonds is 13. The Bertz CT molecular complexity index is 1380. The quantitative estimate of drug-likeness (QED) is 0.184. The molecule has 8 nitrogen and oxygen atoms in total. The maximum Gasteiger partial charge on any atom is 0.251 e. The van der Waals surface area contributed by atoms with Gasteiger partial charge in [0.2, 0.25) is 0 Å². The number of ether oxygens (including phenoxy) is 2. The summed E-state index contributed by atoms with van der Waals surface area (Å²) in [5.41, 5.74) is 2.90. The summed E-state index contributed by atoms with van der Waals surface area (Å²) in [4.78, 5) is 16.8. The van der Waals surface area contributed by atoms with E-state index in [4.69, 9.17) is 21.1 Å². The molecule has 2 atom stereocenters. The van der Waals surface area contributed by atoms with E-state index in [1.165, 1.54) is 0 Å². The molecule has 3 aromatic carbocycles. The Morgan fingerprint density at radius 1 is 1.08 bits per heavy atom. The number of hydrogen-bond donors (Lipinski definition) is 4. The van der Waals surface area contributed by atoms with Gasteiger partial charge in [-0.05, 0) is 66.1 Å². The lowest BCUT2D eigenvalue weighted by Crippen LogP contribution is -2.37. The molecule has 0 aliphatic heterocycles. The van der Waals surface area contributed by atoms with Gasteiger partial charge < -0.3 is 30.3 Å². The largest absolute Gasteiger partial charge is 0.457 e. The van der Waals surface area contributed by atoms with Gasteiger partial charge in [0.1, 0.15) is 11.5 Å². The van der Waals surface area contributed by atoms with Crippen LogP contribution in [-0.4, -0.2) is 60.6 Å². The fourth-order valence-electron chi connectivity index (χ4n) is 4.14. The summed E-state index contributed by atoms with van der Waals surface area (Å²) < 4.78 is 11.1. The van der Waals surface area contributed by atoms with Crippen LogP contribution in [0.4, 0.5) is 0 Å². The van der Waals surface area contributed by atoms with E-state index in [0.717, 1.165) is 16.5 Å². The van der Waals surface area contributed by atoms with Crippen molar-refractivity contribution in [1.29, 1.82) is 0 Å². The normalized spacial score (nSPS) is 12.7. The Morgan fingerprint density at radius 3 is 2.64 bits per heavy atom. The number of aromatic nitrogens is 1. The molecule has 0 spiro atoms. The molecule has 0 aliphatic rings. The van der Waals surface area contributed by atoms with Crippen LogP contribution in [0.25, 0.3) is 10.9 Å². The summed E-state index contributed by atoms with van der Waals surface area (Å²) in [7, 11) is 1.59. The zero-order chi connectivity index (χ0) is 27.6. The van der Waals surface area contributed by atoms with E-state index in [9.17, 15) is 15.0 Å². The van der Waals surface area contributed by atoms with Crippen molar-refractivity contribution in [2.75, 3.05) is 33.4 Å². The number of halogens is 1. The van der Waals surface area contributed by atoms with Crippen LogP contribution in [0.1, 0.15) is 27.6 Å². The van der Waals surface area contributed by atoms with E-state index >= 15 is 0 Å². The first-order valence-electron chi connectivity index (χ1n) is 12.7. The number of benzene rings is 3. The molecular weight excluding hydrogens is 518 g/mol. The smallest absolute Gasteiger partial charge is 0.251 e. The molecule has 9 heteroatoms. The zero-order valence-corrected chi connectivity index (χ0v) is 22.4. The molecule has 0 saturated carbocycles. The molecule has 1 aromatic heterocycles. The molecule has 0 aliphatic carbocycles. The van der Waals surface area contributed by atoms with Gasteiger partial charge in [-0.1, -0.05) is 35.9 Å². The molecule has 0 radical (unpaired) electrons. The van der Waals surface area contributed by atoms with Crippen LogP contribution in [0.2, 0.25) is 5.02 Å². The highest BCUT2D eigenvalue weighted by Crippen LogP contribution is 2.29. The van der Waals surface area contributed by atoms with Crippen molar-refractivity contribution in [3.63, 3.8) is 0 Å². The lowest BCUT2D eigenvalue weighted by molar-refractivity contribution is 0.0937. The molecule has 4 aromatic rings. The van der Waals surface area contributed by atoms with Gasteiger partial charge >= 0.3 is 0 Å². The molecule has 0 unspecified atom stereocenters. The predicted molar refractivity (Wildman–Crippen MR) is 151 cm³/mol. The Morgan fingerprint density at radius 2 is 1.90 bits per heavy atom. The highest BCUT2D eigenvalue weighted by Gasteiger charge is 2.14. The van der Waals surface area contributed by atoms with Crippen LogP contribution >= 0.6 is 11.6 Å². The monoisotopic (exact) mass is 549 g/mol. The maximum atomic E-state index is 12.4. The van der Waals surface area contributed by atoms with E-state index in [0.29, 0.717) is 53.7 Å². The lowest BCUT2D eigenvalue weighted by atomic mass is 10.0. The van der Waals surface area contributed by atoms with E-state index in [1.807, 2.05) is 36.4 Å². The number of fused-ring (bicyclic) bond motifs is 1. The fraction of sp³-hybridized carbons (Fsp3) is 0.267. The number of nitrogens with one attached hydrogen (secondary N) is 2. The van der Waals surface area contributed by atoms with Gasteiger partial charge in [-0.2, -0.15) is 0 Å². The number of amides is 1. The molecule has 1 heterocycles. The van der Waals surface area contributed by atoms with Crippen LogP contribution in [0.15, 0.2) is 79.0 Å². The third-order valence-corrected chi connectivity index (χ3v) is 6.48. The van der Waals surface area contributed by atoms with Gasteiger partial charge in [0.25, 0.3) is 5.91 Å². The minimum absolute atomic E-state index is 0.0735. The number of carbonyl (C=O) groups excluding carboxylic acids is 1. The van der Waals surface area contributed by atoms with E-state index < -0.39 is 6.10 Å². The minimum Gasteiger partial charge on any atom is -0.457 e. The minimum atomic E-state index is -0.732. The standard InChI is InChI=1S/C30H32ClN3O5/c1-38-14-13-33-30(37)22-7-10-26-27(17-22)32-12-11-29(26)39-25-8-5-20(6-9-25)15-24(19-35)34-18-28(36)21-3-2-4-23(31)16-21/h2-12,16-17,24,28,34-36H,13-15,18-19H2,1H3,(H,33,37)/t24-,28+/m0/s1. The molecular formula is C30H32ClN3O5. The second-order valence-electron chi connectivity index (χ2n) is 9.10. The SMILES string of the molecule is COCCNC(=O)c1ccc2c(Oc3ccc(C[C@@H](CO)NC[C@@H](O)c4cccc(Cl)c4)cc3)ccnc2c1. The second-order valence-corrected chi connectivity index (χ2v) is 9.53. The number of aliphatic hydroxyl groups excluding tert-OH is 2. The third-order valence-electron chi connectivity index (χ3n) is 6.24. The van der Waals surface area contributed by atoms with Crippen molar-refractivity contribution in [3.8, 4) is 11.5 Å². The van der Waals surface area contributed by atoms with Crippen molar-refractivity contribution in [1.82, 2.24) is 15.6 Å². The number of aliphatic hydroxyl groups is 2. The van der Waals surface area contributed by atoms with Gasteiger partial charge in [-0.15, -0.1) is 0 Å². The average molecular weight is 550 g/mol. The van der Waals surface area contributed by atoms with E-state index in [2.05, 4.69) is 15.6 Å². The highest BCUT2D eigenvalue weighted by atomic mass is 35.5. The molecule has 0 saturated heterocycles. The van der Waals surface area contributed by atoms with Crippen LogP contribution in [0, 0.1) is 0 Å². The van der Waals surface area contributed by atoms with Crippen molar-refractivity contribution in [2.24, 2.45) is 0 Å². The van der Waals surface area contributed by atoms with Gasteiger partial charge in [-0.25, -0.2) is 0 Å². The summed E-state index contributed by atoms with van der Waals surface area (Å²) in [6.45, 7) is 1.09. The van der Waals surface area contributed by atoms with Crippen molar-refractivity contribution in [3.05, 3.63) is 101 Å². The first-order chi connectivity index (χ1) is 19.0. The van der Waals surface area contributed by atoms with Gasteiger partial charge in [0.05, 0.1) is 24.8 Å². The first-order valence-corrected chi connectivity index (χ1v) is 13.0. The van der Waals surface area contributed by atoms with Gasteiger partial charge in [-0.3, -0.25) is 9.78 Å². The third kappa shape index (κ3) is 7.98. The zero-order valence-electron chi connectivity index (χ0n) is 21.6. The summed E-state index contributed by atoms with van der Waals surface area (Å²) in [5.74, 6) is 1.09. The Balaban J connectivity index is 1.36.